The highest BCUT2D eigenvalue weighted by Gasteiger charge is 2.33. The first-order valence-electron chi connectivity index (χ1n) is 9.90. The predicted octanol–water partition coefficient (Wildman–Crippen LogP) is 2.99. The number of nitrogens with one attached hydrogen (secondary N) is 1. The normalized spacial score (nSPS) is 23.3. The lowest BCUT2D eigenvalue weighted by Crippen LogP contribution is -2.57. The molecule has 9 heteroatoms. The predicted molar refractivity (Wildman–Crippen MR) is 116 cm³/mol. The van der Waals surface area contributed by atoms with Crippen LogP contribution < -0.4 is 5.32 Å². The Morgan fingerprint density at radius 2 is 1.89 bits per heavy atom. The number of piperazine rings is 1. The summed E-state index contributed by atoms with van der Waals surface area (Å²) in [5.74, 6) is 0.817. The van der Waals surface area contributed by atoms with Crippen molar-refractivity contribution in [1.29, 1.82) is 0 Å². The molecule has 28 heavy (non-hydrogen) atoms. The number of nitrogens with zero attached hydrogens (tertiary/aromatic N) is 3. The van der Waals surface area contributed by atoms with Crippen LogP contribution in [-0.4, -0.2) is 65.4 Å². The van der Waals surface area contributed by atoms with Gasteiger partial charge in [0.1, 0.15) is 4.88 Å². The minimum absolute atomic E-state index is 0. The van der Waals surface area contributed by atoms with Crippen LogP contribution in [0.5, 0.6) is 0 Å². The summed E-state index contributed by atoms with van der Waals surface area (Å²) in [7, 11) is 0. The number of hydrogen-bond acceptors (Lipinski definition) is 5. The van der Waals surface area contributed by atoms with Crippen LogP contribution in [0.2, 0.25) is 0 Å². The first-order valence-corrected chi connectivity index (χ1v) is 10.7. The van der Waals surface area contributed by atoms with Gasteiger partial charge in [0.2, 0.25) is 5.91 Å². The number of carbonyl (C=O) groups excluding carboxylic acids is 2. The van der Waals surface area contributed by atoms with Gasteiger partial charge in [-0.3, -0.25) is 9.59 Å². The smallest absolute Gasteiger partial charge is 0.265 e. The van der Waals surface area contributed by atoms with E-state index in [0.29, 0.717) is 19.0 Å². The van der Waals surface area contributed by atoms with Crippen molar-refractivity contribution in [2.75, 3.05) is 32.7 Å². The van der Waals surface area contributed by atoms with Gasteiger partial charge in [0.25, 0.3) is 5.91 Å². The molecule has 1 unspecified atom stereocenters. The van der Waals surface area contributed by atoms with Gasteiger partial charge in [-0.05, 0) is 32.6 Å². The summed E-state index contributed by atoms with van der Waals surface area (Å²) in [6, 6.07) is 0.157. The van der Waals surface area contributed by atoms with Gasteiger partial charge < -0.3 is 15.1 Å². The number of aryl methyl sites for hydroxylation is 1. The number of rotatable bonds is 3. The van der Waals surface area contributed by atoms with Crippen LogP contribution in [0.15, 0.2) is 0 Å². The lowest BCUT2D eigenvalue weighted by atomic mass is 10.0. The minimum atomic E-state index is 0. The third-order valence-electron chi connectivity index (χ3n) is 5.96. The molecule has 2 amide bonds. The molecular formula is C19H30Cl2N4O2S. The third kappa shape index (κ3) is 4.81. The van der Waals surface area contributed by atoms with E-state index in [1.807, 2.05) is 16.7 Å². The second-order valence-corrected chi connectivity index (χ2v) is 8.79. The van der Waals surface area contributed by atoms with E-state index in [0.717, 1.165) is 48.1 Å². The Labute approximate surface area is 183 Å². The number of halogens is 2. The highest BCUT2D eigenvalue weighted by Crippen LogP contribution is 2.37. The van der Waals surface area contributed by atoms with Crippen molar-refractivity contribution in [3.05, 3.63) is 15.6 Å². The Hall–Kier alpha value is -0.890. The van der Waals surface area contributed by atoms with E-state index in [-0.39, 0.29) is 42.7 Å². The molecular weight excluding hydrogens is 419 g/mol. The maximum absolute atomic E-state index is 13.1. The van der Waals surface area contributed by atoms with E-state index in [9.17, 15) is 9.59 Å². The van der Waals surface area contributed by atoms with Crippen molar-refractivity contribution in [1.82, 2.24) is 20.1 Å². The molecule has 6 nitrogen and oxygen atoms in total. The van der Waals surface area contributed by atoms with Crippen LogP contribution in [0.3, 0.4) is 0 Å². The lowest BCUT2D eigenvalue weighted by Gasteiger charge is -2.41. The molecule has 1 aliphatic carbocycles. The molecule has 1 saturated carbocycles. The molecule has 3 fully saturated rings. The minimum Gasteiger partial charge on any atom is -0.336 e. The fourth-order valence-electron chi connectivity index (χ4n) is 4.51. The molecule has 0 radical (unpaired) electrons. The van der Waals surface area contributed by atoms with Crippen LogP contribution in [0, 0.1) is 6.92 Å². The average Bonchev–Trinajstić information content (AvgIpc) is 3.31. The zero-order chi connectivity index (χ0) is 18.1. The summed E-state index contributed by atoms with van der Waals surface area (Å²) in [6.45, 7) is 5.41. The highest BCUT2D eigenvalue weighted by atomic mass is 35.5. The molecule has 2 aliphatic heterocycles. The van der Waals surface area contributed by atoms with Crippen molar-refractivity contribution in [3.63, 3.8) is 0 Å². The molecule has 158 valence electrons. The molecule has 1 aromatic heterocycles. The summed E-state index contributed by atoms with van der Waals surface area (Å²) in [6.07, 6.45) is 6.92. The molecule has 1 aromatic rings. The van der Waals surface area contributed by atoms with Crippen molar-refractivity contribution >= 4 is 48.0 Å². The summed E-state index contributed by atoms with van der Waals surface area (Å²) in [5.41, 5.74) is 0.877. The van der Waals surface area contributed by atoms with Crippen LogP contribution in [0.25, 0.3) is 0 Å². The van der Waals surface area contributed by atoms with Crippen LogP contribution in [0.1, 0.15) is 64.8 Å². The van der Waals surface area contributed by atoms with Gasteiger partial charge in [0.15, 0.2) is 0 Å². The molecule has 0 spiro atoms. The van der Waals surface area contributed by atoms with Crippen LogP contribution in [0.4, 0.5) is 0 Å². The van der Waals surface area contributed by atoms with E-state index in [1.54, 1.807) is 11.3 Å². The Morgan fingerprint density at radius 1 is 1.14 bits per heavy atom. The molecule has 1 N–H and O–H groups in total. The van der Waals surface area contributed by atoms with Gasteiger partial charge in [-0.25, -0.2) is 4.98 Å². The second-order valence-electron chi connectivity index (χ2n) is 7.76. The van der Waals surface area contributed by atoms with Gasteiger partial charge >= 0.3 is 0 Å². The third-order valence-corrected chi connectivity index (χ3v) is 7.27. The SMILES string of the molecule is Cc1nc(C2CCCC2)sc1C(=O)N1CCCC(N2CCNCC2=O)C1.Cl.Cl. The number of likely N-dealkylation sites (tertiary alicyclic amines) is 1. The fourth-order valence-corrected chi connectivity index (χ4v) is 5.71. The van der Waals surface area contributed by atoms with E-state index in [1.165, 1.54) is 25.7 Å². The molecule has 3 aliphatic rings. The van der Waals surface area contributed by atoms with Crippen molar-refractivity contribution in [2.24, 2.45) is 0 Å². The Morgan fingerprint density at radius 3 is 2.61 bits per heavy atom. The van der Waals surface area contributed by atoms with E-state index in [4.69, 9.17) is 4.98 Å². The van der Waals surface area contributed by atoms with Crippen molar-refractivity contribution in [2.45, 2.75) is 57.4 Å². The summed E-state index contributed by atoms with van der Waals surface area (Å²) in [4.78, 5) is 34.8. The highest BCUT2D eigenvalue weighted by molar-refractivity contribution is 7.13. The standard InChI is InChI=1S/C19H28N4O2S.2ClH/c1-13-17(26-18(21-13)14-5-2-3-6-14)19(25)22-9-4-7-15(12-22)23-10-8-20-11-16(23)24;;/h14-15,20H,2-12H2,1H3;2*1H. The van der Waals surface area contributed by atoms with Gasteiger partial charge in [-0.15, -0.1) is 36.2 Å². The summed E-state index contributed by atoms with van der Waals surface area (Å²) >= 11 is 1.60. The lowest BCUT2D eigenvalue weighted by molar-refractivity contribution is -0.135. The molecule has 0 aromatic carbocycles. The van der Waals surface area contributed by atoms with Gasteiger partial charge in [0, 0.05) is 38.1 Å². The van der Waals surface area contributed by atoms with Gasteiger partial charge in [-0.2, -0.15) is 0 Å². The topological polar surface area (TPSA) is 65.5 Å². The molecule has 1 atom stereocenters. The van der Waals surface area contributed by atoms with Gasteiger partial charge in [-0.1, -0.05) is 12.8 Å². The molecule has 3 heterocycles. The fraction of sp³-hybridized carbons (Fsp3) is 0.737. The maximum Gasteiger partial charge on any atom is 0.265 e. The van der Waals surface area contributed by atoms with E-state index < -0.39 is 0 Å². The number of hydrogen-bond donors (Lipinski definition) is 1. The number of aromatic nitrogens is 1. The number of thiazole rings is 1. The Bertz CT molecular complexity index is 693. The van der Waals surface area contributed by atoms with E-state index >= 15 is 0 Å². The van der Waals surface area contributed by atoms with Crippen LogP contribution >= 0.6 is 36.2 Å². The quantitative estimate of drug-likeness (QED) is 0.771. The van der Waals surface area contributed by atoms with E-state index in [2.05, 4.69) is 5.32 Å². The zero-order valence-electron chi connectivity index (χ0n) is 16.3. The van der Waals surface area contributed by atoms with Crippen LogP contribution in [-0.2, 0) is 4.79 Å². The Balaban J connectivity index is 0.00000140. The summed E-state index contributed by atoms with van der Waals surface area (Å²) < 4.78 is 0. The largest absolute Gasteiger partial charge is 0.336 e. The monoisotopic (exact) mass is 448 g/mol. The van der Waals surface area contributed by atoms with Crippen molar-refractivity contribution < 1.29 is 9.59 Å². The number of piperidine rings is 1. The first-order chi connectivity index (χ1) is 12.6. The average molecular weight is 449 g/mol. The molecule has 4 rings (SSSR count). The number of carbonyl (C=O) groups is 2. The molecule has 2 saturated heterocycles. The van der Waals surface area contributed by atoms with Crippen molar-refractivity contribution in [3.8, 4) is 0 Å². The summed E-state index contributed by atoms with van der Waals surface area (Å²) in [5, 5.41) is 4.27. The zero-order valence-corrected chi connectivity index (χ0v) is 18.8. The molecule has 0 bridgehead atoms. The second kappa shape index (κ2) is 10.2. The maximum atomic E-state index is 13.1. The number of amides is 2. The first kappa shape index (κ1) is 23.4. The Kier molecular flexibility index (Phi) is 8.55. The van der Waals surface area contributed by atoms with Gasteiger partial charge in [0.05, 0.1) is 17.2 Å².